The van der Waals surface area contributed by atoms with Crippen LogP contribution in [0.2, 0.25) is 0 Å². The minimum absolute atomic E-state index is 0.0484. The molecular formula is C12H21F2N3O. The maximum absolute atomic E-state index is 12.2. The van der Waals surface area contributed by atoms with Gasteiger partial charge in [0, 0.05) is 19.1 Å². The van der Waals surface area contributed by atoms with Gasteiger partial charge in [-0.05, 0) is 18.8 Å². The first-order valence-corrected chi connectivity index (χ1v) is 6.35. The van der Waals surface area contributed by atoms with Crippen molar-refractivity contribution in [3.05, 3.63) is 0 Å². The summed E-state index contributed by atoms with van der Waals surface area (Å²) in [4.78, 5) is 1.91. The smallest absolute Gasteiger partial charge is 0.250 e. The van der Waals surface area contributed by atoms with Gasteiger partial charge in [0.2, 0.25) is 0 Å². The van der Waals surface area contributed by atoms with Gasteiger partial charge in [0.15, 0.2) is 0 Å². The van der Waals surface area contributed by atoms with Gasteiger partial charge in [0.1, 0.15) is 0 Å². The van der Waals surface area contributed by atoms with Crippen molar-refractivity contribution in [3.63, 3.8) is 0 Å². The number of hydrogen-bond donors (Lipinski definition) is 2. The monoisotopic (exact) mass is 261 g/mol. The first-order chi connectivity index (χ1) is 8.56. The molecule has 1 saturated heterocycles. The van der Waals surface area contributed by atoms with Gasteiger partial charge in [-0.25, -0.2) is 8.78 Å². The van der Waals surface area contributed by atoms with Crippen molar-refractivity contribution < 1.29 is 13.9 Å². The summed E-state index contributed by atoms with van der Waals surface area (Å²) in [6, 6.07) is 1.99. The Balaban J connectivity index is 2.54. The van der Waals surface area contributed by atoms with Crippen LogP contribution in [-0.2, 0) is 0 Å². The molecule has 3 unspecified atom stereocenters. The van der Waals surface area contributed by atoms with Crippen LogP contribution in [0.1, 0.15) is 19.8 Å². The molecule has 6 heteroatoms. The Kier molecular flexibility index (Phi) is 6.47. The molecule has 1 aliphatic rings. The highest BCUT2D eigenvalue weighted by Crippen LogP contribution is 2.21. The molecule has 0 bridgehead atoms. The molecule has 0 radical (unpaired) electrons. The molecule has 0 aromatic rings. The molecule has 104 valence electrons. The highest BCUT2D eigenvalue weighted by molar-refractivity contribution is 4.90. The Bertz CT molecular complexity index is 283. The molecule has 1 fully saturated rings. The lowest BCUT2D eigenvalue weighted by Crippen LogP contribution is -2.52. The predicted octanol–water partition coefficient (Wildman–Crippen LogP) is 0.826. The molecule has 0 spiro atoms. The van der Waals surface area contributed by atoms with Crippen molar-refractivity contribution in [3.8, 4) is 6.07 Å². The van der Waals surface area contributed by atoms with Gasteiger partial charge in [-0.15, -0.1) is 0 Å². The molecule has 0 aromatic heterocycles. The molecule has 2 N–H and O–H groups in total. The van der Waals surface area contributed by atoms with Crippen LogP contribution in [0.3, 0.4) is 0 Å². The number of hydrogen-bond acceptors (Lipinski definition) is 4. The zero-order valence-corrected chi connectivity index (χ0v) is 10.6. The summed E-state index contributed by atoms with van der Waals surface area (Å²) in [7, 11) is 0. The van der Waals surface area contributed by atoms with Crippen LogP contribution < -0.4 is 5.32 Å². The lowest BCUT2D eigenvalue weighted by Gasteiger charge is -2.38. The number of aliphatic hydroxyl groups is 1. The Labute approximate surface area is 107 Å². The molecular weight excluding hydrogens is 240 g/mol. The molecule has 1 heterocycles. The fourth-order valence-corrected chi connectivity index (χ4v) is 2.48. The van der Waals surface area contributed by atoms with Crippen LogP contribution in [0.15, 0.2) is 0 Å². The number of nitrogens with one attached hydrogen (secondary N) is 1. The van der Waals surface area contributed by atoms with Gasteiger partial charge in [-0.3, -0.25) is 4.90 Å². The van der Waals surface area contributed by atoms with Gasteiger partial charge in [-0.1, -0.05) is 6.92 Å². The summed E-state index contributed by atoms with van der Waals surface area (Å²) < 4.78 is 24.4. The molecule has 0 amide bonds. The minimum atomic E-state index is -2.37. The van der Waals surface area contributed by atoms with E-state index in [9.17, 15) is 13.9 Å². The van der Waals surface area contributed by atoms with Gasteiger partial charge < -0.3 is 10.4 Å². The quantitative estimate of drug-likeness (QED) is 0.695. The lowest BCUT2D eigenvalue weighted by atomic mass is 9.88. The third-order valence-corrected chi connectivity index (χ3v) is 3.38. The van der Waals surface area contributed by atoms with Crippen molar-refractivity contribution in [1.82, 2.24) is 10.2 Å². The fraction of sp³-hybridized carbons (Fsp3) is 0.917. The van der Waals surface area contributed by atoms with E-state index in [1.54, 1.807) is 0 Å². The maximum atomic E-state index is 12.2. The van der Waals surface area contributed by atoms with E-state index in [-0.39, 0.29) is 25.0 Å². The van der Waals surface area contributed by atoms with Crippen LogP contribution in [0.5, 0.6) is 0 Å². The summed E-state index contributed by atoms with van der Waals surface area (Å²) in [5, 5.41) is 21.4. The summed E-state index contributed by atoms with van der Waals surface area (Å²) in [6.45, 7) is 3.10. The average molecular weight is 261 g/mol. The molecule has 3 atom stereocenters. The summed E-state index contributed by atoms with van der Waals surface area (Å²) in [5.74, 6) is 0.0484. The second kappa shape index (κ2) is 7.62. The van der Waals surface area contributed by atoms with Crippen LogP contribution in [-0.4, -0.2) is 54.8 Å². The Morgan fingerprint density at radius 3 is 2.78 bits per heavy atom. The highest BCUT2D eigenvalue weighted by Gasteiger charge is 2.30. The zero-order valence-electron chi connectivity index (χ0n) is 10.6. The molecule has 0 aromatic carbocycles. The Hall–Kier alpha value is -0.770. The molecule has 4 nitrogen and oxygen atoms in total. The number of halogens is 2. The number of piperidine rings is 1. The van der Waals surface area contributed by atoms with Crippen molar-refractivity contribution in [2.75, 3.05) is 26.2 Å². The van der Waals surface area contributed by atoms with E-state index in [0.29, 0.717) is 25.9 Å². The fourth-order valence-electron chi connectivity index (χ4n) is 2.48. The highest BCUT2D eigenvalue weighted by atomic mass is 19.3. The van der Waals surface area contributed by atoms with Crippen molar-refractivity contribution in [2.45, 2.75) is 38.3 Å². The first kappa shape index (κ1) is 15.3. The third-order valence-electron chi connectivity index (χ3n) is 3.38. The van der Waals surface area contributed by atoms with Crippen molar-refractivity contribution in [1.29, 1.82) is 5.26 Å². The van der Waals surface area contributed by atoms with E-state index in [1.165, 1.54) is 0 Å². The zero-order chi connectivity index (χ0) is 13.5. The van der Waals surface area contributed by atoms with Crippen LogP contribution >= 0.6 is 0 Å². The first-order valence-electron chi connectivity index (χ1n) is 6.35. The Morgan fingerprint density at radius 2 is 2.22 bits per heavy atom. The standard InChI is InChI=1S/C12H21F2N3O/c1-2-11(18)9-5-10(16-6-12(13)14)8-17(7-9)4-3-15/h9-12,16,18H,2,4-8H2,1H3. The normalized spacial score (nSPS) is 27.1. The third kappa shape index (κ3) is 4.84. The Morgan fingerprint density at radius 1 is 1.50 bits per heavy atom. The average Bonchev–Trinajstić information content (AvgIpc) is 2.35. The molecule has 1 rings (SSSR count). The summed E-state index contributed by atoms with van der Waals surface area (Å²) >= 11 is 0. The maximum Gasteiger partial charge on any atom is 0.250 e. The van der Waals surface area contributed by atoms with Gasteiger partial charge >= 0.3 is 0 Å². The molecule has 1 aliphatic heterocycles. The van der Waals surface area contributed by atoms with Crippen LogP contribution in [0, 0.1) is 17.2 Å². The van der Waals surface area contributed by atoms with Gasteiger partial charge in [-0.2, -0.15) is 5.26 Å². The van der Waals surface area contributed by atoms with Crippen LogP contribution in [0.25, 0.3) is 0 Å². The lowest BCUT2D eigenvalue weighted by molar-refractivity contribution is 0.0364. The van der Waals surface area contributed by atoms with E-state index in [0.717, 1.165) is 0 Å². The van der Waals surface area contributed by atoms with E-state index >= 15 is 0 Å². The SMILES string of the molecule is CCC(O)C1CC(NCC(F)F)CN(CC#N)C1. The molecule has 18 heavy (non-hydrogen) atoms. The van der Waals surface area contributed by atoms with E-state index in [1.807, 2.05) is 11.8 Å². The summed E-state index contributed by atoms with van der Waals surface area (Å²) in [6.07, 6.45) is -1.47. The van der Waals surface area contributed by atoms with E-state index < -0.39 is 12.5 Å². The van der Waals surface area contributed by atoms with Gasteiger partial charge in [0.05, 0.1) is 25.3 Å². The van der Waals surface area contributed by atoms with E-state index in [4.69, 9.17) is 5.26 Å². The number of alkyl halides is 2. The molecule has 0 saturated carbocycles. The summed E-state index contributed by atoms with van der Waals surface area (Å²) in [5.41, 5.74) is 0. The van der Waals surface area contributed by atoms with Crippen molar-refractivity contribution >= 4 is 0 Å². The number of rotatable bonds is 6. The number of aliphatic hydroxyl groups excluding tert-OH is 1. The minimum Gasteiger partial charge on any atom is -0.393 e. The van der Waals surface area contributed by atoms with Gasteiger partial charge in [0.25, 0.3) is 6.43 Å². The second-order valence-electron chi connectivity index (χ2n) is 4.82. The molecule has 0 aliphatic carbocycles. The number of nitrogens with zero attached hydrogens (tertiary/aromatic N) is 2. The second-order valence-corrected chi connectivity index (χ2v) is 4.82. The van der Waals surface area contributed by atoms with Crippen molar-refractivity contribution in [2.24, 2.45) is 5.92 Å². The van der Waals surface area contributed by atoms with E-state index in [2.05, 4.69) is 11.4 Å². The number of nitriles is 1. The topological polar surface area (TPSA) is 59.3 Å². The van der Waals surface area contributed by atoms with Crippen LogP contribution in [0.4, 0.5) is 8.78 Å². The largest absolute Gasteiger partial charge is 0.393 e. The number of likely N-dealkylation sites (tertiary alicyclic amines) is 1. The predicted molar refractivity (Wildman–Crippen MR) is 64.3 cm³/mol.